The van der Waals surface area contributed by atoms with Crippen molar-refractivity contribution in [1.29, 1.82) is 0 Å². The first-order chi connectivity index (χ1) is 5.33. The Kier molecular flexibility index (Phi) is 5.27. The second kappa shape index (κ2) is 5.39. The Labute approximate surface area is 81.8 Å². The van der Waals surface area contributed by atoms with Crippen LogP contribution in [0, 0.1) is 0 Å². The van der Waals surface area contributed by atoms with Crippen molar-refractivity contribution in [3.8, 4) is 0 Å². The van der Waals surface area contributed by atoms with E-state index in [9.17, 15) is 0 Å². The minimum atomic E-state index is 0. The van der Waals surface area contributed by atoms with E-state index in [-0.39, 0.29) is 12.4 Å². The smallest absolute Gasteiger partial charge is 0.0973 e. The molecular formula is C10H18ClN. The molecule has 2 heteroatoms. The Morgan fingerprint density at radius 1 is 1.00 bits per heavy atom. The van der Waals surface area contributed by atoms with Gasteiger partial charge in [0.05, 0.1) is 26.2 Å². The topological polar surface area (TPSA) is 0 Å². The van der Waals surface area contributed by atoms with Crippen LogP contribution in [0.4, 0.5) is 0 Å². The summed E-state index contributed by atoms with van der Waals surface area (Å²) in [5.41, 5.74) is 0. The monoisotopic (exact) mass is 187 g/mol. The number of rotatable bonds is 4. The molecule has 0 bridgehead atoms. The summed E-state index contributed by atoms with van der Waals surface area (Å²) in [4.78, 5) is 0. The van der Waals surface area contributed by atoms with Gasteiger partial charge in [0.25, 0.3) is 0 Å². The number of quaternary nitrogens is 1. The number of hydrogen-bond donors (Lipinski definition) is 0. The molecule has 0 aliphatic carbocycles. The molecule has 0 N–H and O–H groups in total. The molecule has 0 amide bonds. The lowest BCUT2D eigenvalue weighted by molar-refractivity contribution is -0.905. The van der Waals surface area contributed by atoms with Crippen LogP contribution in [0.1, 0.15) is 12.8 Å². The van der Waals surface area contributed by atoms with Gasteiger partial charge >= 0.3 is 0 Å². The van der Waals surface area contributed by atoms with Crippen molar-refractivity contribution < 1.29 is 16.9 Å². The van der Waals surface area contributed by atoms with Gasteiger partial charge in [0.15, 0.2) is 0 Å². The summed E-state index contributed by atoms with van der Waals surface area (Å²) in [5.74, 6) is 0. The number of likely N-dealkylation sites (tertiary alicyclic amines) is 1. The predicted molar refractivity (Wildman–Crippen MR) is 49.4 cm³/mol. The first-order valence-electron chi connectivity index (χ1n) is 4.40. The highest BCUT2D eigenvalue weighted by Gasteiger charge is 2.28. The lowest BCUT2D eigenvalue weighted by Crippen LogP contribution is -3.00. The lowest BCUT2D eigenvalue weighted by atomic mass is 10.3. The van der Waals surface area contributed by atoms with E-state index in [2.05, 4.69) is 13.2 Å². The highest BCUT2D eigenvalue weighted by Crippen LogP contribution is 2.18. The van der Waals surface area contributed by atoms with E-state index >= 15 is 0 Å². The third-order valence-corrected chi connectivity index (χ3v) is 2.55. The second-order valence-electron chi connectivity index (χ2n) is 3.44. The number of halogens is 1. The third-order valence-electron chi connectivity index (χ3n) is 2.55. The Hall–Kier alpha value is -0.270. The Balaban J connectivity index is 0.00000121. The van der Waals surface area contributed by atoms with Crippen LogP contribution in [0.25, 0.3) is 0 Å². The van der Waals surface area contributed by atoms with Crippen molar-refractivity contribution in [2.24, 2.45) is 0 Å². The minimum absolute atomic E-state index is 0. The zero-order valence-electron chi connectivity index (χ0n) is 7.64. The van der Waals surface area contributed by atoms with Crippen LogP contribution in [0.2, 0.25) is 0 Å². The molecule has 1 nitrogen and oxygen atoms in total. The summed E-state index contributed by atoms with van der Waals surface area (Å²) in [6, 6.07) is 0. The van der Waals surface area contributed by atoms with Gasteiger partial charge in [-0.2, -0.15) is 0 Å². The van der Waals surface area contributed by atoms with Crippen LogP contribution < -0.4 is 12.4 Å². The molecule has 70 valence electrons. The van der Waals surface area contributed by atoms with Gasteiger partial charge in [-0.05, 0) is 12.2 Å². The lowest BCUT2D eigenvalue weighted by Gasteiger charge is -2.31. The van der Waals surface area contributed by atoms with Crippen molar-refractivity contribution in [3.05, 3.63) is 25.3 Å². The van der Waals surface area contributed by atoms with E-state index in [1.807, 2.05) is 12.2 Å². The zero-order chi connectivity index (χ0) is 8.16. The molecule has 0 radical (unpaired) electrons. The van der Waals surface area contributed by atoms with Crippen molar-refractivity contribution in [2.45, 2.75) is 12.8 Å². The summed E-state index contributed by atoms with van der Waals surface area (Å²) < 4.78 is 1.20. The standard InChI is InChI=1S/C10H18N.ClH/c1-3-7-11(8-4-2)9-5-6-10-11;/h3-4H,1-2,5-10H2;1H/q+1;/p-1. The highest BCUT2D eigenvalue weighted by molar-refractivity contribution is 4.73. The summed E-state index contributed by atoms with van der Waals surface area (Å²) in [6.45, 7) is 12.5. The Morgan fingerprint density at radius 2 is 1.42 bits per heavy atom. The van der Waals surface area contributed by atoms with Crippen LogP contribution in [0.3, 0.4) is 0 Å². The molecule has 1 fully saturated rings. The molecule has 0 saturated carbocycles. The molecule has 0 aromatic carbocycles. The van der Waals surface area contributed by atoms with Gasteiger partial charge in [-0.15, -0.1) is 0 Å². The van der Waals surface area contributed by atoms with Crippen LogP contribution in [-0.2, 0) is 0 Å². The van der Waals surface area contributed by atoms with E-state index in [0.717, 1.165) is 13.1 Å². The summed E-state index contributed by atoms with van der Waals surface area (Å²) in [6.07, 6.45) is 6.83. The molecule has 12 heavy (non-hydrogen) atoms. The van der Waals surface area contributed by atoms with Crippen LogP contribution in [0.5, 0.6) is 0 Å². The van der Waals surface area contributed by atoms with Crippen molar-refractivity contribution >= 4 is 0 Å². The fourth-order valence-electron chi connectivity index (χ4n) is 1.99. The molecule has 0 aromatic heterocycles. The van der Waals surface area contributed by atoms with Crippen molar-refractivity contribution in [1.82, 2.24) is 0 Å². The summed E-state index contributed by atoms with van der Waals surface area (Å²) in [7, 11) is 0. The molecule has 0 unspecified atom stereocenters. The Morgan fingerprint density at radius 3 is 1.75 bits per heavy atom. The average Bonchev–Trinajstić information content (AvgIpc) is 2.39. The molecular weight excluding hydrogens is 170 g/mol. The largest absolute Gasteiger partial charge is 1.00 e. The first kappa shape index (κ1) is 11.7. The van der Waals surface area contributed by atoms with Crippen molar-refractivity contribution in [3.63, 3.8) is 0 Å². The van der Waals surface area contributed by atoms with Gasteiger partial charge in [-0.25, -0.2) is 0 Å². The fraction of sp³-hybridized carbons (Fsp3) is 0.600. The molecule has 1 rings (SSSR count). The van der Waals surface area contributed by atoms with Gasteiger partial charge in [0.1, 0.15) is 0 Å². The molecule has 1 aliphatic heterocycles. The van der Waals surface area contributed by atoms with E-state index in [0.29, 0.717) is 0 Å². The van der Waals surface area contributed by atoms with Gasteiger partial charge in [-0.1, -0.05) is 13.2 Å². The average molecular weight is 188 g/mol. The fourth-order valence-corrected chi connectivity index (χ4v) is 1.99. The molecule has 0 atom stereocenters. The maximum atomic E-state index is 3.80. The molecule has 1 aliphatic rings. The zero-order valence-corrected chi connectivity index (χ0v) is 8.39. The van der Waals surface area contributed by atoms with Gasteiger partial charge in [-0.3, -0.25) is 0 Å². The summed E-state index contributed by atoms with van der Waals surface area (Å²) in [5, 5.41) is 0. The van der Waals surface area contributed by atoms with E-state index < -0.39 is 0 Å². The minimum Gasteiger partial charge on any atom is -1.00 e. The molecule has 0 spiro atoms. The third kappa shape index (κ3) is 2.65. The van der Waals surface area contributed by atoms with Crippen LogP contribution >= 0.6 is 0 Å². The van der Waals surface area contributed by atoms with E-state index in [1.165, 1.54) is 30.4 Å². The molecule has 1 saturated heterocycles. The first-order valence-corrected chi connectivity index (χ1v) is 4.40. The predicted octanol–water partition coefficient (Wildman–Crippen LogP) is -1.03. The van der Waals surface area contributed by atoms with Gasteiger partial charge in [0.2, 0.25) is 0 Å². The molecule has 1 heterocycles. The van der Waals surface area contributed by atoms with Crippen molar-refractivity contribution in [2.75, 3.05) is 26.2 Å². The maximum absolute atomic E-state index is 3.80. The maximum Gasteiger partial charge on any atom is 0.0973 e. The highest BCUT2D eigenvalue weighted by atomic mass is 35.5. The van der Waals surface area contributed by atoms with Crippen LogP contribution in [0.15, 0.2) is 25.3 Å². The molecule has 0 aromatic rings. The summed E-state index contributed by atoms with van der Waals surface area (Å²) >= 11 is 0. The Bertz CT molecular complexity index is 136. The normalized spacial score (nSPS) is 19.7. The van der Waals surface area contributed by atoms with Gasteiger partial charge < -0.3 is 16.9 Å². The number of hydrogen-bond acceptors (Lipinski definition) is 0. The second-order valence-corrected chi connectivity index (χ2v) is 3.44. The van der Waals surface area contributed by atoms with E-state index in [1.54, 1.807) is 0 Å². The van der Waals surface area contributed by atoms with Gasteiger partial charge in [0, 0.05) is 12.8 Å². The SMILES string of the molecule is C=CC[N+]1(CC=C)CCCC1.[Cl-]. The van der Waals surface area contributed by atoms with Crippen LogP contribution in [-0.4, -0.2) is 30.7 Å². The quantitative estimate of drug-likeness (QED) is 0.390. The van der Waals surface area contributed by atoms with E-state index in [4.69, 9.17) is 0 Å². The number of nitrogens with zero attached hydrogens (tertiary/aromatic N) is 1.